The Hall–Kier alpha value is -2.35. The van der Waals surface area contributed by atoms with Gasteiger partial charge in [0.1, 0.15) is 5.69 Å². The minimum absolute atomic E-state index is 0.0478. The molecule has 0 amide bonds. The predicted octanol–water partition coefficient (Wildman–Crippen LogP) is 4.37. The lowest BCUT2D eigenvalue weighted by Crippen LogP contribution is -2.35. The van der Waals surface area contributed by atoms with E-state index in [0.717, 1.165) is 24.3 Å². The van der Waals surface area contributed by atoms with Gasteiger partial charge in [-0.2, -0.15) is 0 Å². The van der Waals surface area contributed by atoms with E-state index in [9.17, 15) is 4.79 Å². The number of fused-ring (bicyclic) bond motifs is 2. The molecule has 0 unspecified atom stereocenters. The maximum atomic E-state index is 12.5. The summed E-state index contributed by atoms with van der Waals surface area (Å²) in [6.07, 6.45) is 2.42. The highest BCUT2D eigenvalue weighted by Gasteiger charge is 2.23. The van der Waals surface area contributed by atoms with E-state index in [1.807, 2.05) is 29.5 Å². The summed E-state index contributed by atoms with van der Waals surface area (Å²) in [5.41, 5.74) is 2.29. The Morgan fingerprint density at radius 1 is 1.18 bits per heavy atom. The Kier molecular flexibility index (Phi) is 4.58. The van der Waals surface area contributed by atoms with E-state index < -0.39 is 0 Å². The summed E-state index contributed by atoms with van der Waals surface area (Å²) in [7, 11) is 0. The number of hydrogen-bond donors (Lipinski definition) is 1. The fourth-order valence-corrected chi connectivity index (χ4v) is 5.61. The number of nitrogens with one attached hydrogen (secondary N) is 1. The van der Waals surface area contributed by atoms with Crippen LogP contribution >= 0.6 is 27.3 Å². The Labute approximate surface area is 174 Å². The molecule has 0 spiro atoms. The number of benzene rings is 1. The van der Waals surface area contributed by atoms with Crippen molar-refractivity contribution >= 4 is 37.4 Å². The first-order chi connectivity index (χ1) is 13.7. The molecule has 4 heterocycles. The molecule has 0 saturated heterocycles. The molecule has 0 aliphatic carbocycles. The lowest BCUT2D eigenvalue weighted by atomic mass is 10.1. The molecule has 28 heavy (non-hydrogen) atoms. The molecule has 7 heteroatoms. The van der Waals surface area contributed by atoms with Crippen molar-refractivity contribution in [1.29, 1.82) is 0 Å². The van der Waals surface area contributed by atoms with Crippen molar-refractivity contribution < 1.29 is 0 Å². The molecular formula is C21H17BrN4OS. The number of aromatic amines is 1. The standard InChI is InChI=1S/C21H17BrN4OS/c22-19-14-5-1-2-7-17(14)28-18(19)12-26-10-8-13-16(11-26)24-20(25-21(13)27)15-6-3-4-9-23-15/h1-7,9H,8,10-12H2,(H,24,25,27). The highest BCUT2D eigenvalue weighted by Crippen LogP contribution is 2.36. The van der Waals surface area contributed by atoms with Crippen molar-refractivity contribution in [2.75, 3.05) is 6.54 Å². The summed E-state index contributed by atoms with van der Waals surface area (Å²) in [5, 5.41) is 1.26. The fourth-order valence-electron chi connectivity index (χ4n) is 3.62. The summed E-state index contributed by atoms with van der Waals surface area (Å²) < 4.78 is 2.46. The second-order valence-electron chi connectivity index (χ2n) is 6.85. The van der Waals surface area contributed by atoms with Gasteiger partial charge in [0, 0.05) is 50.8 Å². The molecular weight excluding hydrogens is 436 g/mol. The van der Waals surface area contributed by atoms with Gasteiger partial charge in [-0.3, -0.25) is 14.7 Å². The summed E-state index contributed by atoms with van der Waals surface area (Å²) >= 11 is 5.58. The van der Waals surface area contributed by atoms with Gasteiger partial charge in [-0.25, -0.2) is 4.98 Å². The van der Waals surface area contributed by atoms with E-state index in [-0.39, 0.29) is 5.56 Å². The summed E-state index contributed by atoms with van der Waals surface area (Å²) in [5.74, 6) is 0.536. The quantitative estimate of drug-likeness (QED) is 0.501. The topological polar surface area (TPSA) is 61.9 Å². The lowest BCUT2D eigenvalue weighted by molar-refractivity contribution is 0.242. The molecule has 0 fully saturated rings. The van der Waals surface area contributed by atoms with E-state index >= 15 is 0 Å². The number of nitrogens with zero attached hydrogens (tertiary/aromatic N) is 3. The van der Waals surface area contributed by atoms with Gasteiger partial charge < -0.3 is 4.98 Å². The second-order valence-corrected chi connectivity index (χ2v) is 8.78. The van der Waals surface area contributed by atoms with Crippen LogP contribution in [-0.2, 0) is 19.5 Å². The molecule has 1 aliphatic rings. The maximum absolute atomic E-state index is 12.5. The maximum Gasteiger partial charge on any atom is 0.254 e. The highest BCUT2D eigenvalue weighted by molar-refractivity contribution is 9.10. The van der Waals surface area contributed by atoms with Crippen LogP contribution in [0.5, 0.6) is 0 Å². The van der Waals surface area contributed by atoms with Crippen molar-refractivity contribution in [3.05, 3.63) is 79.6 Å². The van der Waals surface area contributed by atoms with Crippen LogP contribution in [0.1, 0.15) is 16.1 Å². The largest absolute Gasteiger partial charge is 0.305 e. The smallest absolute Gasteiger partial charge is 0.254 e. The van der Waals surface area contributed by atoms with Gasteiger partial charge in [-0.15, -0.1) is 11.3 Å². The van der Waals surface area contributed by atoms with Crippen molar-refractivity contribution in [3.8, 4) is 11.5 Å². The summed E-state index contributed by atoms with van der Waals surface area (Å²) in [4.78, 5) is 28.1. The van der Waals surface area contributed by atoms with Gasteiger partial charge in [-0.05, 0) is 40.5 Å². The van der Waals surface area contributed by atoms with Crippen molar-refractivity contribution in [2.45, 2.75) is 19.5 Å². The van der Waals surface area contributed by atoms with E-state index in [0.29, 0.717) is 24.5 Å². The van der Waals surface area contributed by atoms with Crippen molar-refractivity contribution in [1.82, 2.24) is 19.9 Å². The molecule has 0 radical (unpaired) electrons. The van der Waals surface area contributed by atoms with E-state index in [4.69, 9.17) is 4.98 Å². The molecule has 0 atom stereocenters. The van der Waals surface area contributed by atoms with E-state index in [1.54, 1.807) is 6.20 Å². The van der Waals surface area contributed by atoms with Crippen LogP contribution in [0.2, 0.25) is 0 Å². The van der Waals surface area contributed by atoms with Crippen molar-refractivity contribution in [2.24, 2.45) is 0 Å². The Bertz CT molecular complexity index is 1220. The third-order valence-corrected chi connectivity index (χ3v) is 7.35. The van der Waals surface area contributed by atoms with Gasteiger partial charge in [0.25, 0.3) is 5.56 Å². The third kappa shape index (κ3) is 3.19. The van der Waals surface area contributed by atoms with Crippen LogP contribution in [0.3, 0.4) is 0 Å². The number of hydrogen-bond acceptors (Lipinski definition) is 5. The average molecular weight is 453 g/mol. The normalized spacial score (nSPS) is 14.3. The Morgan fingerprint density at radius 3 is 2.86 bits per heavy atom. The Morgan fingerprint density at radius 2 is 2.04 bits per heavy atom. The molecule has 0 saturated carbocycles. The molecule has 1 aliphatic heterocycles. The fraction of sp³-hybridized carbons (Fsp3) is 0.190. The number of halogens is 1. The predicted molar refractivity (Wildman–Crippen MR) is 115 cm³/mol. The number of thiophene rings is 1. The number of rotatable bonds is 3. The van der Waals surface area contributed by atoms with Crippen LogP contribution in [-0.4, -0.2) is 26.4 Å². The number of pyridine rings is 1. The SMILES string of the molecule is O=c1[nH]c(-c2ccccn2)nc2c1CCN(Cc1sc3ccccc3c1Br)C2. The second kappa shape index (κ2) is 7.24. The molecule has 5 rings (SSSR count). The van der Waals surface area contributed by atoms with Crippen LogP contribution in [0, 0.1) is 0 Å². The number of H-pyrrole nitrogens is 1. The monoisotopic (exact) mass is 452 g/mol. The zero-order valence-corrected chi connectivity index (χ0v) is 17.4. The molecule has 5 nitrogen and oxygen atoms in total. The van der Waals surface area contributed by atoms with Crippen LogP contribution in [0.15, 0.2) is 57.9 Å². The lowest BCUT2D eigenvalue weighted by Gasteiger charge is -2.27. The van der Waals surface area contributed by atoms with Gasteiger partial charge in [0.15, 0.2) is 5.82 Å². The van der Waals surface area contributed by atoms with Crippen molar-refractivity contribution in [3.63, 3.8) is 0 Å². The van der Waals surface area contributed by atoms with Crippen LogP contribution in [0.4, 0.5) is 0 Å². The van der Waals surface area contributed by atoms with Crippen LogP contribution < -0.4 is 5.56 Å². The van der Waals surface area contributed by atoms with Gasteiger partial charge in [-0.1, -0.05) is 24.3 Å². The van der Waals surface area contributed by atoms with Gasteiger partial charge >= 0.3 is 0 Å². The van der Waals surface area contributed by atoms with E-state index in [2.05, 4.69) is 55.1 Å². The molecule has 3 aromatic heterocycles. The minimum atomic E-state index is -0.0478. The molecule has 4 aromatic rings. The molecule has 1 N–H and O–H groups in total. The van der Waals surface area contributed by atoms with Gasteiger partial charge in [0.05, 0.1) is 5.69 Å². The number of aromatic nitrogens is 3. The van der Waals surface area contributed by atoms with E-state index in [1.165, 1.54) is 19.4 Å². The molecule has 0 bridgehead atoms. The third-order valence-electron chi connectivity index (χ3n) is 5.03. The van der Waals surface area contributed by atoms with Gasteiger partial charge in [0.2, 0.25) is 0 Å². The first kappa shape index (κ1) is 17.7. The zero-order chi connectivity index (χ0) is 19.1. The minimum Gasteiger partial charge on any atom is -0.305 e. The molecule has 140 valence electrons. The zero-order valence-electron chi connectivity index (χ0n) is 15.0. The highest BCUT2D eigenvalue weighted by atomic mass is 79.9. The first-order valence-corrected chi connectivity index (χ1v) is 10.7. The average Bonchev–Trinajstić information content (AvgIpc) is 3.04. The summed E-state index contributed by atoms with van der Waals surface area (Å²) in [6.45, 7) is 2.36. The first-order valence-electron chi connectivity index (χ1n) is 9.11. The molecule has 1 aromatic carbocycles. The Balaban J connectivity index is 1.45. The van der Waals surface area contributed by atoms with Crippen LogP contribution in [0.25, 0.3) is 21.6 Å². The summed E-state index contributed by atoms with van der Waals surface area (Å²) in [6, 6.07) is 14.0.